The summed E-state index contributed by atoms with van der Waals surface area (Å²) in [6.07, 6.45) is 3.34. The number of para-hydroxylation sites is 1. The molecule has 3 aromatic rings. The van der Waals surface area contributed by atoms with E-state index < -0.39 is 18.3 Å². The molecule has 1 heterocycles. The summed E-state index contributed by atoms with van der Waals surface area (Å²) < 4.78 is 6.21. The Balaban J connectivity index is 2.03. The molecule has 0 aliphatic carbocycles. The van der Waals surface area contributed by atoms with Gasteiger partial charge in [-0.2, -0.15) is 0 Å². The van der Waals surface area contributed by atoms with Crippen LogP contribution in [-0.2, 0) is 11.3 Å². The number of fused-ring (bicyclic) bond motifs is 1. The van der Waals surface area contributed by atoms with Gasteiger partial charge in [-0.15, -0.1) is 0 Å². The van der Waals surface area contributed by atoms with Gasteiger partial charge in [0.1, 0.15) is 6.54 Å². The van der Waals surface area contributed by atoms with Gasteiger partial charge in [0.05, 0.1) is 5.52 Å². The largest absolute Gasteiger partial charge is 0.504 e. The van der Waals surface area contributed by atoms with Crippen molar-refractivity contribution in [3.8, 4) is 11.5 Å². The van der Waals surface area contributed by atoms with E-state index in [-0.39, 0.29) is 17.1 Å². The first kappa shape index (κ1) is 15.4. The van der Waals surface area contributed by atoms with Crippen LogP contribution < -0.4 is 5.76 Å². The van der Waals surface area contributed by atoms with Crippen LogP contribution in [0.1, 0.15) is 11.1 Å². The first-order valence-corrected chi connectivity index (χ1v) is 7.00. The monoisotopic (exact) mass is 327 g/mol. The normalized spacial score (nSPS) is 11.3. The van der Waals surface area contributed by atoms with Gasteiger partial charge in [0, 0.05) is 5.56 Å². The molecule has 3 rings (SSSR count). The summed E-state index contributed by atoms with van der Waals surface area (Å²) >= 11 is 0. The van der Waals surface area contributed by atoms with Gasteiger partial charge in [0.25, 0.3) is 0 Å². The van der Waals surface area contributed by atoms with Gasteiger partial charge in [-0.1, -0.05) is 30.4 Å². The summed E-state index contributed by atoms with van der Waals surface area (Å²) in [5.74, 6) is -2.34. The first-order chi connectivity index (χ1) is 11.5. The molecule has 0 aliphatic heterocycles. The molecule has 0 bridgehead atoms. The molecule has 0 amide bonds. The lowest BCUT2D eigenvalue weighted by molar-refractivity contribution is -0.137. The molecule has 0 spiro atoms. The highest BCUT2D eigenvalue weighted by Crippen LogP contribution is 2.26. The van der Waals surface area contributed by atoms with Crippen molar-refractivity contribution in [2.45, 2.75) is 6.54 Å². The maximum Gasteiger partial charge on any atom is 0.420 e. The number of benzene rings is 2. The summed E-state index contributed by atoms with van der Waals surface area (Å²) in [7, 11) is 0. The number of phenols is 2. The number of hydrogen-bond donors (Lipinski definition) is 3. The first-order valence-electron chi connectivity index (χ1n) is 7.00. The van der Waals surface area contributed by atoms with Crippen molar-refractivity contribution in [3.05, 3.63) is 58.1 Å². The van der Waals surface area contributed by atoms with Crippen LogP contribution >= 0.6 is 0 Å². The fourth-order valence-corrected chi connectivity index (χ4v) is 2.35. The fourth-order valence-electron chi connectivity index (χ4n) is 2.35. The third-order valence-corrected chi connectivity index (χ3v) is 3.47. The van der Waals surface area contributed by atoms with Crippen molar-refractivity contribution in [2.24, 2.45) is 0 Å². The standard InChI is InChI=1S/C17H13NO6/c19-13-7-5-10(8-14(13)20)4-6-11-2-1-3-12-16(11)24-17(23)18(12)9-15(21)22/h1-8,19-20H,9H2,(H,21,22)/b6-4+. The molecule has 3 N–H and O–H groups in total. The Hall–Kier alpha value is -3.48. The molecule has 122 valence electrons. The molecular weight excluding hydrogens is 314 g/mol. The molecule has 0 aliphatic rings. The van der Waals surface area contributed by atoms with Gasteiger partial charge in [0.2, 0.25) is 0 Å². The third kappa shape index (κ3) is 2.87. The van der Waals surface area contributed by atoms with Crippen LogP contribution in [0.4, 0.5) is 0 Å². The molecule has 0 saturated carbocycles. The van der Waals surface area contributed by atoms with Crippen molar-refractivity contribution in [2.75, 3.05) is 0 Å². The maximum atomic E-state index is 11.8. The molecule has 7 heteroatoms. The predicted octanol–water partition coefficient (Wildman–Crippen LogP) is 2.26. The SMILES string of the molecule is O=C(O)Cn1c(=O)oc2c(/C=C/c3ccc(O)c(O)c3)cccc21. The second-order valence-electron chi connectivity index (χ2n) is 5.12. The highest BCUT2D eigenvalue weighted by atomic mass is 16.4. The lowest BCUT2D eigenvalue weighted by Gasteiger charge is -2.00. The molecule has 0 unspecified atom stereocenters. The number of oxazole rings is 1. The van der Waals surface area contributed by atoms with Crippen molar-refractivity contribution < 1.29 is 24.5 Å². The van der Waals surface area contributed by atoms with Crippen LogP contribution in [0.5, 0.6) is 11.5 Å². The molecule has 0 saturated heterocycles. The van der Waals surface area contributed by atoms with Gasteiger partial charge in [-0.05, 0) is 23.8 Å². The molecule has 0 fully saturated rings. The Kier molecular flexibility index (Phi) is 3.83. The van der Waals surface area contributed by atoms with Crippen LogP contribution in [0.2, 0.25) is 0 Å². The second kappa shape index (κ2) is 5.96. The molecule has 1 aromatic heterocycles. The molecular formula is C17H13NO6. The quantitative estimate of drug-likeness (QED) is 0.500. The van der Waals surface area contributed by atoms with E-state index in [9.17, 15) is 19.8 Å². The zero-order chi connectivity index (χ0) is 17.3. The summed E-state index contributed by atoms with van der Waals surface area (Å²) in [6, 6.07) is 9.36. The van der Waals surface area contributed by atoms with Gasteiger partial charge >= 0.3 is 11.7 Å². The molecule has 2 aromatic carbocycles. The molecule has 7 nitrogen and oxygen atoms in total. The van der Waals surface area contributed by atoms with E-state index in [1.165, 1.54) is 12.1 Å². The van der Waals surface area contributed by atoms with Gasteiger partial charge in [0.15, 0.2) is 17.1 Å². The van der Waals surface area contributed by atoms with Crippen molar-refractivity contribution in [1.29, 1.82) is 0 Å². The lowest BCUT2D eigenvalue weighted by Crippen LogP contribution is -2.19. The third-order valence-electron chi connectivity index (χ3n) is 3.47. The minimum Gasteiger partial charge on any atom is -0.504 e. The van der Waals surface area contributed by atoms with Crippen LogP contribution in [0.3, 0.4) is 0 Å². The lowest BCUT2D eigenvalue weighted by atomic mass is 10.1. The highest BCUT2D eigenvalue weighted by Gasteiger charge is 2.13. The van der Waals surface area contributed by atoms with E-state index in [1.807, 2.05) is 0 Å². The number of nitrogens with zero attached hydrogens (tertiary/aromatic N) is 1. The van der Waals surface area contributed by atoms with Crippen molar-refractivity contribution in [3.63, 3.8) is 0 Å². The van der Waals surface area contributed by atoms with E-state index in [1.54, 1.807) is 36.4 Å². The number of hydrogen-bond acceptors (Lipinski definition) is 5. The van der Waals surface area contributed by atoms with Gasteiger partial charge in [-0.25, -0.2) is 4.79 Å². The fraction of sp³-hybridized carbons (Fsp3) is 0.0588. The Morgan fingerprint density at radius 3 is 2.62 bits per heavy atom. The zero-order valence-electron chi connectivity index (χ0n) is 12.3. The number of carbonyl (C=O) groups is 1. The van der Waals surface area contributed by atoms with E-state index >= 15 is 0 Å². The molecule has 24 heavy (non-hydrogen) atoms. The highest BCUT2D eigenvalue weighted by molar-refractivity contribution is 5.87. The number of carboxylic acids is 1. The smallest absolute Gasteiger partial charge is 0.420 e. The second-order valence-corrected chi connectivity index (χ2v) is 5.12. The number of aromatic hydroxyl groups is 2. The van der Waals surface area contributed by atoms with Crippen molar-refractivity contribution >= 4 is 29.2 Å². The topological polar surface area (TPSA) is 113 Å². The van der Waals surface area contributed by atoms with Crippen molar-refractivity contribution in [1.82, 2.24) is 4.57 Å². The number of carboxylic acid groups (broad SMARTS) is 1. The van der Waals surface area contributed by atoms with Crippen LogP contribution in [0, 0.1) is 0 Å². The Bertz CT molecular complexity index is 1010. The Morgan fingerprint density at radius 2 is 1.92 bits per heavy atom. The zero-order valence-corrected chi connectivity index (χ0v) is 12.3. The number of phenolic OH excluding ortho intramolecular Hbond substituents is 2. The summed E-state index contributed by atoms with van der Waals surface area (Å²) in [4.78, 5) is 22.7. The summed E-state index contributed by atoms with van der Waals surface area (Å²) in [5, 5.41) is 27.7. The van der Waals surface area contributed by atoms with Crippen LogP contribution in [-0.4, -0.2) is 25.9 Å². The summed E-state index contributed by atoms with van der Waals surface area (Å²) in [5.41, 5.74) is 1.89. The Labute approximate surface area is 135 Å². The van der Waals surface area contributed by atoms with E-state index in [2.05, 4.69) is 0 Å². The van der Waals surface area contributed by atoms with E-state index in [0.717, 1.165) is 4.57 Å². The minimum absolute atomic E-state index is 0.217. The van der Waals surface area contributed by atoms with E-state index in [4.69, 9.17) is 9.52 Å². The molecule has 0 atom stereocenters. The van der Waals surface area contributed by atoms with Crippen LogP contribution in [0.15, 0.2) is 45.6 Å². The number of rotatable bonds is 4. The average Bonchev–Trinajstić information content (AvgIpc) is 2.85. The average molecular weight is 327 g/mol. The van der Waals surface area contributed by atoms with E-state index in [0.29, 0.717) is 16.6 Å². The Morgan fingerprint density at radius 1 is 1.12 bits per heavy atom. The maximum absolute atomic E-state index is 11.8. The minimum atomic E-state index is -1.14. The number of aromatic nitrogens is 1. The summed E-state index contributed by atoms with van der Waals surface area (Å²) in [6.45, 7) is -0.481. The van der Waals surface area contributed by atoms with Gasteiger partial charge < -0.3 is 19.7 Å². The molecule has 0 radical (unpaired) electrons. The van der Waals surface area contributed by atoms with Crippen LogP contribution in [0.25, 0.3) is 23.3 Å². The van der Waals surface area contributed by atoms with Gasteiger partial charge in [-0.3, -0.25) is 9.36 Å². The number of aliphatic carboxylic acids is 1. The predicted molar refractivity (Wildman–Crippen MR) is 86.8 cm³/mol.